The molecule has 6 nitrogen and oxygen atoms in total. The minimum Gasteiger partial charge on any atom is -0.462 e. The monoisotopic (exact) mass is 431 g/mol. The molecule has 0 radical (unpaired) electrons. The third-order valence-electron chi connectivity index (χ3n) is 4.24. The number of amides is 2. The zero-order valence-corrected chi connectivity index (χ0v) is 17.6. The number of anilines is 1. The normalized spacial score (nSPS) is 14.1. The Bertz CT molecular complexity index is 919. The lowest BCUT2D eigenvalue weighted by Gasteiger charge is -2.15. The number of hydrogen-bond donors (Lipinski definition) is 1. The molecular weight excluding hydrogens is 410 g/mol. The van der Waals surface area contributed by atoms with Gasteiger partial charge in [0.15, 0.2) is 0 Å². The van der Waals surface area contributed by atoms with Crippen molar-refractivity contribution >= 4 is 52.1 Å². The molecule has 0 spiro atoms. The van der Waals surface area contributed by atoms with Gasteiger partial charge in [0.05, 0.1) is 34.9 Å². The van der Waals surface area contributed by atoms with Gasteiger partial charge in [0, 0.05) is 10.6 Å². The van der Waals surface area contributed by atoms with Crippen LogP contribution in [-0.4, -0.2) is 41.9 Å². The summed E-state index contributed by atoms with van der Waals surface area (Å²) in [5.41, 5.74) is 1.11. The molecule has 1 aliphatic rings. The Morgan fingerprint density at radius 3 is 2.55 bits per heavy atom. The van der Waals surface area contributed by atoms with Crippen molar-refractivity contribution in [1.82, 2.24) is 0 Å². The number of aliphatic hydroxyl groups is 1. The van der Waals surface area contributed by atoms with Crippen molar-refractivity contribution in [1.29, 1.82) is 0 Å². The summed E-state index contributed by atoms with van der Waals surface area (Å²) in [4.78, 5) is 40.3. The van der Waals surface area contributed by atoms with Gasteiger partial charge in [-0.05, 0) is 42.1 Å². The average Bonchev–Trinajstić information content (AvgIpc) is 3.33. The molecule has 0 saturated carbocycles. The van der Waals surface area contributed by atoms with Gasteiger partial charge >= 0.3 is 5.97 Å². The van der Waals surface area contributed by atoms with Crippen molar-refractivity contribution in [2.24, 2.45) is 0 Å². The second-order valence-electron chi connectivity index (χ2n) is 6.24. The molecule has 1 N–H and O–H groups in total. The first kappa shape index (κ1) is 21.3. The Balaban J connectivity index is 1.83. The molecule has 2 heterocycles. The molecule has 0 bridgehead atoms. The number of thiophene rings is 1. The first-order valence-corrected chi connectivity index (χ1v) is 11.1. The van der Waals surface area contributed by atoms with E-state index in [1.807, 2.05) is 18.4 Å². The fourth-order valence-corrected chi connectivity index (χ4v) is 4.49. The molecule has 8 heteroatoms. The maximum Gasteiger partial charge on any atom is 0.338 e. The van der Waals surface area contributed by atoms with Crippen molar-refractivity contribution in [3.8, 4) is 0 Å². The number of rotatable bonds is 9. The first-order chi connectivity index (χ1) is 14.1. The highest BCUT2D eigenvalue weighted by Crippen LogP contribution is 2.39. The van der Waals surface area contributed by atoms with E-state index in [2.05, 4.69) is 0 Å². The van der Waals surface area contributed by atoms with E-state index in [1.54, 1.807) is 30.3 Å². The number of ether oxygens (including phenoxy) is 1. The van der Waals surface area contributed by atoms with E-state index in [-0.39, 0.29) is 6.61 Å². The fraction of sp³-hybridized carbons (Fsp3) is 0.286. The van der Waals surface area contributed by atoms with Gasteiger partial charge < -0.3 is 9.84 Å². The van der Waals surface area contributed by atoms with Gasteiger partial charge in [0.1, 0.15) is 0 Å². The van der Waals surface area contributed by atoms with Gasteiger partial charge in [-0.1, -0.05) is 19.4 Å². The summed E-state index contributed by atoms with van der Waals surface area (Å²) in [6.45, 7) is 2.28. The Morgan fingerprint density at radius 1 is 1.17 bits per heavy atom. The lowest BCUT2D eigenvalue weighted by atomic mass is 10.2. The van der Waals surface area contributed by atoms with Crippen molar-refractivity contribution in [2.45, 2.75) is 19.8 Å². The van der Waals surface area contributed by atoms with Gasteiger partial charge in [-0.3, -0.25) is 9.59 Å². The standard InChI is InChI=1S/C21H21NO5S2/c1-2-3-11-27-21(26)14-6-8-15(9-7-14)22-19(24)17(16-5-4-12-28-16)18(20(22)25)29-13-10-23/h4-9,12,23H,2-3,10-11,13H2,1H3. The molecule has 152 valence electrons. The molecule has 2 aromatic rings. The van der Waals surface area contributed by atoms with Crippen LogP contribution in [0.5, 0.6) is 0 Å². The third kappa shape index (κ3) is 4.60. The molecule has 3 rings (SSSR count). The minimum absolute atomic E-state index is 0.0950. The van der Waals surface area contributed by atoms with Crippen LogP contribution in [0.25, 0.3) is 5.57 Å². The predicted molar refractivity (Wildman–Crippen MR) is 115 cm³/mol. The first-order valence-electron chi connectivity index (χ1n) is 9.26. The number of thioether (sulfide) groups is 1. The van der Waals surface area contributed by atoms with E-state index in [9.17, 15) is 14.4 Å². The summed E-state index contributed by atoms with van der Waals surface area (Å²) in [6.07, 6.45) is 1.73. The molecule has 1 aliphatic heterocycles. The fourth-order valence-electron chi connectivity index (χ4n) is 2.80. The lowest BCUT2D eigenvalue weighted by molar-refractivity contribution is -0.119. The van der Waals surface area contributed by atoms with Crippen LogP contribution >= 0.6 is 23.1 Å². The van der Waals surface area contributed by atoms with Gasteiger partial charge in [-0.25, -0.2) is 9.69 Å². The van der Waals surface area contributed by atoms with Crippen molar-refractivity contribution in [3.05, 3.63) is 57.1 Å². The summed E-state index contributed by atoms with van der Waals surface area (Å²) in [6, 6.07) is 9.85. The van der Waals surface area contributed by atoms with Gasteiger partial charge in [0.2, 0.25) is 0 Å². The van der Waals surface area contributed by atoms with Crippen LogP contribution in [0.1, 0.15) is 35.0 Å². The molecule has 0 aliphatic carbocycles. The quantitative estimate of drug-likeness (QED) is 0.370. The Labute approximate surface area is 177 Å². The predicted octanol–water partition coefficient (Wildman–Crippen LogP) is 3.72. The molecule has 2 amide bonds. The van der Waals surface area contributed by atoms with E-state index in [1.165, 1.54) is 23.1 Å². The van der Waals surface area contributed by atoms with E-state index >= 15 is 0 Å². The minimum atomic E-state index is -0.430. The van der Waals surface area contributed by atoms with Crippen molar-refractivity contribution < 1.29 is 24.2 Å². The van der Waals surface area contributed by atoms with Crippen LogP contribution in [0, 0.1) is 0 Å². The van der Waals surface area contributed by atoms with Crippen molar-refractivity contribution in [2.75, 3.05) is 23.9 Å². The van der Waals surface area contributed by atoms with Crippen molar-refractivity contribution in [3.63, 3.8) is 0 Å². The van der Waals surface area contributed by atoms with Crippen LogP contribution in [0.3, 0.4) is 0 Å². The SMILES string of the molecule is CCCCOC(=O)c1ccc(N2C(=O)C(SCCO)=C(c3cccs3)C2=O)cc1. The van der Waals surface area contributed by atoms with Crippen LogP contribution in [-0.2, 0) is 14.3 Å². The van der Waals surface area contributed by atoms with E-state index in [0.717, 1.165) is 17.7 Å². The van der Waals surface area contributed by atoms with E-state index in [0.29, 0.717) is 39.0 Å². The number of carbonyl (C=O) groups excluding carboxylic acids is 3. The number of esters is 1. The van der Waals surface area contributed by atoms with Crippen LogP contribution < -0.4 is 4.90 Å². The highest BCUT2D eigenvalue weighted by molar-refractivity contribution is 8.04. The lowest BCUT2D eigenvalue weighted by Crippen LogP contribution is -2.31. The summed E-state index contributed by atoms with van der Waals surface area (Å²) in [5.74, 6) is -0.938. The van der Waals surface area contributed by atoms with Gasteiger partial charge in [-0.15, -0.1) is 23.1 Å². The highest BCUT2D eigenvalue weighted by atomic mass is 32.2. The molecule has 29 heavy (non-hydrogen) atoms. The van der Waals surface area contributed by atoms with Crippen LogP contribution in [0.2, 0.25) is 0 Å². The number of hydrogen-bond acceptors (Lipinski definition) is 7. The molecule has 0 atom stereocenters. The molecule has 1 aromatic carbocycles. The third-order valence-corrected chi connectivity index (χ3v) is 6.18. The number of unbranched alkanes of at least 4 members (excludes halogenated alkanes) is 1. The molecule has 0 unspecified atom stereocenters. The number of aliphatic hydroxyl groups excluding tert-OH is 1. The number of nitrogens with zero attached hydrogens (tertiary/aromatic N) is 1. The van der Waals surface area contributed by atoms with E-state index < -0.39 is 17.8 Å². The Hall–Kier alpha value is -2.42. The number of imide groups is 1. The second kappa shape index (κ2) is 9.87. The Morgan fingerprint density at radius 2 is 1.93 bits per heavy atom. The number of benzene rings is 1. The topological polar surface area (TPSA) is 83.9 Å². The zero-order valence-electron chi connectivity index (χ0n) is 15.9. The number of carbonyl (C=O) groups is 3. The summed E-state index contributed by atoms with van der Waals surface area (Å²) in [5, 5.41) is 11.0. The molecule has 1 aromatic heterocycles. The Kier molecular flexibility index (Phi) is 7.24. The average molecular weight is 432 g/mol. The molecule has 0 fully saturated rings. The van der Waals surface area contributed by atoms with Gasteiger partial charge in [-0.2, -0.15) is 0 Å². The summed E-state index contributed by atoms with van der Waals surface area (Å²) >= 11 is 2.55. The smallest absolute Gasteiger partial charge is 0.338 e. The molecular formula is C21H21NO5S2. The van der Waals surface area contributed by atoms with E-state index in [4.69, 9.17) is 9.84 Å². The van der Waals surface area contributed by atoms with Crippen LogP contribution in [0.4, 0.5) is 5.69 Å². The highest BCUT2D eigenvalue weighted by Gasteiger charge is 2.40. The maximum absolute atomic E-state index is 13.1. The zero-order chi connectivity index (χ0) is 20.8. The summed E-state index contributed by atoms with van der Waals surface area (Å²) < 4.78 is 5.18. The second-order valence-corrected chi connectivity index (χ2v) is 8.29. The summed E-state index contributed by atoms with van der Waals surface area (Å²) in [7, 11) is 0. The largest absolute Gasteiger partial charge is 0.462 e. The van der Waals surface area contributed by atoms with Gasteiger partial charge in [0.25, 0.3) is 11.8 Å². The maximum atomic E-state index is 13.1. The molecule has 0 saturated heterocycles. The van der Waals surface area contributed by atoms with Crippen LogP contribution in [0.15, 0.2) is 46.7 Å².